The first-order valence-corrected chi connectivity index (χ1v) is 12.8. The summed E-state index contributed by atoms with van der Waals surface area (Å²) in [5, 5.41) is 9.30. The molecule has 2 amide bonds. The van der Waals surface area contributed by atoms with Crippen LogP contribution in [0, 0.1) is 23.1 Å². The number of rotatable bonds is 6. The van der Waals surface area contributed by atoms with E-state index in [-0.39, 0.29) is 35.8 Å². The Balaban J connectivity index is 1.30. The molecule has 2 bridgehead atoms. The first-order chi connectivity index (χ1) is 16.5. The highest BCUT2D eigenvalue weighted by molar-refractivity contribution is 5.87. The number of hydrogen-bond donors (Lipinski definition) is 1. The van der Waals surface area contributed by atoms with Gasteiger partial charge in [-0.15, -0.1) is 0 Å². The number of nitrogens with two attached hydrogens (primary N) is 1. The van der Waals surface area contributed by atoms with Crippen molar-refractivity contribution in [2.45, 2.75) is 81.6 Å². The molecule has 0 radical (unpaired) electrons. The molecule has 4 aliphatic rings. The molecule has 4 fully saturated rings. The Morgan fingerprint density at radius 2 is 1.88 bits per heavy atom. The fourth-order valence-corrected chi connectivity index (χ4v) is 6.73. The van der Waals surface area contributed by atoms with E-state index in [0.717, 1.165) is 31.2 Å². The Labute approximate surface area is 200 Å². The quantitative estimate of drug-likeness (QED) is 0.694. The molecule has 8 heteroatoms. The van der Waals surface area contributed by atoms with E-state index in [9.17, 15) is 19.2 Å². The largest absolute Gasteiger partial charge is 0.330 e. The van der Waals surface area contributed by atoms with Crippen molar-refractivity contribution in [1.29, 1.82) is 5.26 Å². The average molecular weight is 468 g/mol. The van der Waals surface area contributed by atoms with Crippen LogP contribution in [-0.4, -0.2) is 70.3 Å². The minimum atomic E-state index is -0.735. The molecule has 3 heterocycles. The zero-order valence-electron chi connectivity index (χ0n) is 19.6. The average Bonchev–Trinajstić information content (AvgIpc) is 3.56. The minimum absolute atomic E-state index is 0.0261. The molecule has 1 aromatic carbocycles. The molecule has 1 aliphatic carbocycles. The van der Waals surface area contributed by atoms with Crippen LogP contribution in [0.4, 0.5) is 4.39 Å². The predicted molar refractivity (Wildman–Crippen MR) is 125 cm³/mol. The highest BCUT2D eigenvalue weighted by Crippen LogP contribution is 2.45. The van der Waals surface area contributed by atoms with E-state index in [1.807, 2.05) is 12.1 Å². The summed E-state index contributed by atoms with van der Waals surface area (Å²) in [6.45, 7) is 1.60. The van der Waals surface area contributed by atoms with Gasteiger partial charge in [0, 0.05) is 25.7 Å². The number of fused-ring (bicyclic) bond motifs is 2. The number of carbonyl (C=O) groups is 2. The number of hydrogen-bond acceptors (Lipinski definition) is 5. The first-order valence-electron chi connectivity index (χ1n) is 12.8. The fourth-order valence-electron chi connectivity index (χ4n) is 6.73. The Morgan fingerprint density at radius 3 is 2.56 bits per heavy atom. The number of nitrogens with zero attached hydrogens (tertiary/aromatic N) is 4. The second-order valence-electron chi connectivity index (χ2n) is 10.4. The molecule has 4 unspecified atom stereocenters. The van der Waals surface area contributed by atoms with Gasteiger partial charge >= 0.3 is 0 Å². The number of carbonyl (C=O) groups excluding carboxylic acids is 2. The molecule has 1 saturated carbocycles. The molecular weight excluding hydrogens is 433 g/mol. The lowest BCUT2D eigenvalue weighted by Gasteiger charge is -2.43. The lowest BCUT2D eigenvalue weighted by molar-refractivity contribution is -0.142. The van der Waals surface area contributed by atoms with Crippen molar-refractivity contribution in [2.24, 2.45) is 11.7 Å². The second-order valence-corrected chi connectivity index (χ2v) is 10.4. The van der Waals surface area contributed by atoms with Crippen molar-refractivity contribution in [3.63, 3.8) is 0 Å². The van der Waals surface area contributed by atoms with Gasteiger partial charge in [0.2, 0.25) is 11.8 Å². The van der Waals surface area contributed by atoms with E-state index >= 15 is 0 Å². The third-order valence-corrected chi connectivity index (χ3v) is 8.36. The summed E-state index contributed by atoms with van der Waals surface area (Å²) >= 11 is 0. The standard InChI is InChI=1S/C26H34FN5O2/c27-19-10-8-18(9-11-19)24(17-5-2-1-3-6-17)32-21-13-23(26(32)34)30(15-21)16-22(29)25(33)31-12-4-7-20(31)14-28/h8-11,17,20-24H,1-7,12-13,15-16,29H2/t20?,21?,22?,23-,24?/m0/s1. The smallest absolute Gasteiger partial charge is 0.241 e. The minimum Gasteiger partial charge on any atom is -0.330 e. The van der Waals surface area contributed by atoms with Crippen LogP contribution in [0.25, 0.3) is 0 Å². The number of benzene rings is 1. The number of nitriles is 1. The third kappa shape index (κ3) is 4.20. The van der Waals surface area contributed by atoms with Crippen molar-refractivity contribution in [1.82, 2.24) is 14.7 Å². The van der Waals surface area contributed by atoms with Gasteiger partial charge in [-0.1, -0.05) is 31.4 Å². The Kier molecular flexibility index (Phi) is 6.59. The van der Waals surface area contributed by atoms with Gasteiger partial charge in [-0.25, -0.2) is 4.39 Å². The van der Waals surface area contributed by atoms with Crippen molar-refractivity contribution in [2.75, 3.05) is 19.6 Å². The molecule has 2 N–H and O–H groups in total. The Hall–Kier alpha value is -2.50. The molecule has 34 heavy (non-hydrogen) atoms. The third-order valence-electron chi connectivity index (χ3n) is 8.36. The van der Waals surface area contributed by atoms with Crippen LogP contribution in [0.5, 0.6) is 0 Å². The van der Waals surface area contributed by atoms with E-state index < -0.39 is 12.1 Å². The molecule has 7 nitrogen and oxygen atoms in total. The van der Waals surface area contributed by atoms with Crippen LogP contribution in [0.3, 0.4) is 0 Å². The molecule has 0 aromatic heterocycles. The number of halogens is 1. The van der Waals surface area contributed by atoms with Gasteiger partial charge in [0.25, 0.3) is 0 Å². The van der Waals surface area contributed by atoms with Crippen molar-refractivity contribution in [3.8, 4) is 6.07 Å². The summed E-state index contributed by atoms with van der Waals surface area (Å²) in [6, 6.07) is 7.52. The lowest BCUT2D eigenvalue weighted by atomic mass is 9.80. The van der Waals surface area contributed by atoms with E-state index in [1.54, 1.807) is 4.90 Å². The SMILES string of the molecule is N#CC1CCCN1C(=O)C(N)CN1CC2C[C@H]1C(=O)N2C(c1ccc(F)cc1)C1CCCCC1. The first kappa shape index (κ1) is 23.3. The molecular formula is C26H34FN5O2. The molecule has 0 spiro atoms. The van der Waals surface area contributed by atoms with Crippen molar-refractivity contribution >= 4 is 11.8 Å². The normalized spacial score (nSPS) is 29.4. The molecule has 1 aromatic rings. The maximum absolute atomic E-state index is 13.6. The molecule has 3 aliphatic heterocycles. The van der Waals surface area contributed by atoms with Crippen molar-refractivity contribution in [3.05, 3.63) is 35.6 Å². The van der Waals surface area contributed by atoms with E-state index in [2.05, 4.69) is 15.9 Å². The topological polar surface area (TPSA) is 93.7 Å². The maximum atomic E-state index is 13.6. The number of piperazine rings is 1. The van der Waals surface area contributed by atoms with Crippen LogP contribution in [-0.2, 0) is 9.59 Å². The maximum Gasteiger partial charge on any atom is 0.241 e. The zero-order chi connectivity index (χ0) is 23.8. The van der Waals surface area contributed by atoms with Gasteiger partial charge in [-0.05, 0) is 55.7 Å². The van der Waals surface area contributed by atoms with Gasteiger partial charge < -0.3 is 15.5 Å². The molecule has 5 rings (SSSR count). The summed E-state index contributed by atoms with van der Waals surface area (Å²) in [5.74, 6) is 0.0363. The number of likely N-dealkylation sites (tertiary alicyclic amines) is 3. The van der Waals surface area contributed by atoms with Gasteiger partial charge in [0.15, 0.2) is 0 Å². The number of amides is 2. The van der Waals surface area contributed by atoms with Crippen LogP contribution in [0.1, 0.15) is 63.0 Å². The van der Waals surface area contributed by atoms with Gasteiger partial charge in [0.1, 0.15) is 11.9 Å². The lowest BCUT2D eigenvalue weighted by Crippen LogP contribution is -2.57. The summed E-state index contributed by atoms with van der Waals surface area (Å²) in [4.78, 5) is 32.3. The van der Waals surface area contributed by atoms with Gasteiger partial charge in [-0.2, -0.15) is 5.26 Å². The predicted octanol–water partition coefficient (Wildman–Crippen LogP) is 2.57. The van der Waals surface area contributed by atoms with Crippen LogP contribution in [0.15, 0.2) is 24.3 Å². The fraction of sp³-hybridized carbons (Fsp3) is 0.654. The second kappa shape index (κ2) is 9.63. The Bertz CT molecular complexity index is 957. The van der Waals surface area contributed by atoms with E-state index in [4.69, 9.17) is 5.73 Å². The van der Waals surface area contributed by atoms with E-state index in [0.29, 0.717) is 32.0 Å². The summed E-state index contributed by atoms with van der Waals surface area (Å²) < 4.78 is 13.6. The molecule has 182 valence electrons. The van der Waals surface area contributed by atoms with Crippen LogP contribution in [0.2, 0.25) is 0 Å². The zero-order valence-corrected chi connectivity index (χ0v) is 19.6. The monoisotopic (exact) mass is 467 g/mol. The summed E-state index contributed by atoms with van der Waals surface area (Å²) in [7, 11) is 0. The Morgan fingerprint density at radius 1 is 1.15 bits per heavy atom. The van der Waals surface area contributed by atoms with Crippen LogP contribution < -0.4 is 5.73 Å². The van der Waals surface area contributed by atoms with Crippen molar-refractivity contribution < 1.29 is 14.0 Å². The van der Waals surface area contributed by atoms with Crippen LogP contribution >= 0.6 is 0 Å². The molecule has 3 saturated heterocycles. The van der Waals surface area contributed by atoms with Gasteiger partial charge in [0.05, 0.1) is 24.2 Å². The summed E-state index contributed by atoms with van der Waals surface area (Å²) in [5.41, 5.74) is 7.30. The van der Waals surface area contributed by atoms with Gasteiger partial charge in [-0.3, -0.25) is 14.5 Å². The summed E-state index contributed by atoms with van der Waals surface area (Å²) in [6.07, 6.45) is 8.01. The highest BCUT2D eigenvalue weighted by atomic mass is 19.1. The molecule has 5 atom stereocenters. The van der Waals surface area contributed by atoms with E-state index in [1.165, 1.54) is 31.4 Å². The highest BCUT2D eigenvalue weighted by Gasteiger charge is 2.53.